The van der Waals surface area contributed by atoms with E-state index in [9.17, 15) is 5.11 Å². The first-order chi connectivity index (χ1) is 7.41. The van der Waals surface area contributed by atoms with E-state index < -0.39 is 5.60 Å². The van der Waals surface area contributed by atoms with Crippen molar-refractivity contribution in [3.05, 3.63) is 42.0 Å². The van der Waals surface area contributed by atoms with Crippen LogP contribution in [0.15, 0.2) is 36.4 Å². The van der Waals surface area contributed by atoms with Crippen LogP contribution in [0.3, 0.4) is 0 Å². The quantitative estimate of drug-likeness (QED) is 0.758. The second-order valence-electron chi connectivity index (χ2n) is 5.29. The maximum atomic E-state index is 10.5. The molecule has 0 heterocycles. The van der Waals surface area contributed by atoms with E-state index in [0.717, 1.165) is 17.6 Å². The van der Waals surface area contributed by atoms with Gasteiger partial charge in [0.05, 0.1) is 5.60 Å². The van der Waals surface area contributed by atoms with Crippen molar-refractivity contribution in [1.82, 2.24) is 0 Å². The van der Waals surface area contributed by atoms with Gasteiger partial charge in [0.25, 0.3) is 0 Å². The predicted molar refractivity (Wildman–Crippen MR) is 66.9 cm³/mol. The molecule has 3 N–H and O–H groups in total. The first-order valence-corrected chi connectivity index (χ1v) is 5.68. The number of aliphatic hydroxyl groups is 1. The summed E-state index contributed by atoms with van der Waals surface area (Å²) in [6.45, 7) is 3.83. The van der Waals surface area contributed by atoms with Gasteiger partial charge in [-0.3, -0.25) is 0 Å². The van der Waals surface area contributed by atoms with E-state index in [-0.39, 0.29) is 5.54 Å². The minimum Gasteiger partial charge on any atom is -0.385 e. The summed E-state index contributed by atoms with van der Waals surface area (Å²) < 4.78 is 0. The van der Waals surface area contributed by atoms with Crippen LogP contribution in [-0.4, -0.2) is 16.2 Å². The molecule has 0 aromatic heterocycles. The Labute approximate surface area is 96.8 Å². The molecule has 0 saturated heterocycles. The van der Waals surface area contributed by atoms with Crippen LogP contribution < -0.4 is 5.73 Å². The van der Waals surface area contributed by atoms with E-state index in [1.54, 1.807) is 0 Å². The summed E-state index contributed by atoms with van der Waals surface area (Å²) in [4.78, 5) is 0. The number of hydrogen-bond donors (Lipinski definition) is 2. The second-order valence-corrected chi connectivity index (χ2v) is 5.29. The van der Waals surface area contributed by atoms with E-state index >= 15 is 0 Å². The number of rotatable bonds is 1. The SMILES string of the molecule is CC1(N)CC=C(c2ccccc2)C(C)(O)C1. The molecule has 2 unspecified atom stereocenters. The third kappa shape index (κ3) is 2.18. The van der Waals surface area contributed by atoms with Crippen molar-refractivity contribution < 1.29 is 5.11 Å². The van der Waals surface area contributed by atoms with E-state index in [1.165, 1.54) is 0 Å². The maximum Gasteiger partial charge on any atom is 0.0888 e. The Hall–Kier alpha value is -1.12. The second kappa shape index (κ2) is 3.72. The van der Waals surface area contributed by atoms with Crippen molar-refractivity contribution in [2.45, 2.75) is 37.8 Å². The molecule has 0 saturated carbocycles. The van der Waals surface area contributed by atoms with Gasteiger partial charge in [-0.05, 0) is 37.8 Å². The molecule has 2 rings (SSSR count). The molecule has 0 aliphatic heterocycles. The van der Waals surface area contributed by atoms with Crippen molar-refractivity contribution in [2.24, 2.45) is 5.73 Å². The highest BCUT2D eigenvalue weighted by molar-refractivity contribution is 5.72. The monoisotopic (exact) mass is 217 g/mol. The van der Waals surface area contributed by atoms with Crippen molar-refractivity contribution >= 4 is 5.57 Å². The molecule has 1 aromatic carbocycles. The Morgan fingerprint density at radius 3 is 2.38 bits per heavy atom. The van der Waals surface area contributed by atoms with Gasteiger partial charge in [-0.1, -0.05) is 36.4 Å². The van der Waals surface area contributed by atoms with Crippen LogP contribution in [0.1, 0.15) is 32.3 Å². The fraction of sp³-hybridized carbons (Fsp3) is 0.429. The molecule has 1 aromatic rings. The highest BCUT2D eigenvalue weighted by atomic mass is 16.3. The molecular formula is C14H19NO. The lowest BCUT2D eigenvalue weighted by Gasteiger charge is -2.39. The van der Waals surface area contributed by atoms with Crippen LogP contribution >= 0.6 is 0 Å². The Morgan fingerprint density at radius 2 is 1.81 bits per heavy atom. The topological polar surface area (TPSA) is 46.2 Å². The Morgan fingerprint density at radius 1 is 1.19 bits per heavy atom. The zero-order valence-corrected chi connectivity index (χ0v) is 9.90. The Kier molecular flexibility index (Phi) is 2.64. The fourth-order valence-corrected chi connectivity index (χ4v) is 2.56. The molecule has 0 fully saturated rings. The summed E-state index contributed by atoms with van der Waals surface area (Å²) in [5, 5.41) is 10.5. The van der Waals surface area contributed by atoms with Gasteiger partial charge >= 0.3 is 0 Å². The molecule has 16 heavy (non-hydrogen) atoms. The first-order valence-electron chi connectivity index (χ1n) is 5.68. The summed E-state index contributed by atoms with van der Waals surface area (Å²) in [5.74, 6) is 0. The van der Waals surface area contributed by atoms with Crippen LogP contribution in [0.4, 0.5) is 0 Å². The van der Waals surface area contributed by atoms with E-state index in [4.69, 9.17) is 5.73 Å². The molecule has 86 valence electrons. The molecule has 0 bridgehead atoms. The van der Waals surface area contributed by atoms with Gasteiger partial charge < -0.3 is 10.8 Å². The molecule has 2 heteroatoms. The lowest BCUT2D eigenvalue weighted by Crippen LogP contribution is -2.47. The molecule has 2 nitrogen and oxygen atoms in total. The fourth-order valence-electron chi connectivity index (χ4n) is 2.56. The standard InChI is InChI=1S/C14H19NO/c1-13(15)9-8-12(14(2,16)10-13)11-6-4-3-5-7-11/h3-8,16H,9-10,15H2,1-2H3. The van der Waals surface area contributed by atoms with Crippen molar-refractivity contribution in [2.75, 3.05) is 0 Å². The molecule has 0 spiro atoms. The van der Waals surface area contributed by atoms with E-state index in [2.05, 4.69) is 6.08 Å². The predicted octanol–water partition coefficient (Wildman–Crippen LogP) is 2.33. The summed E-state index contributed by atoms with van der Waals surface area (Å²) >= 11 is 0. The maximum absolute atomic E-state index is 10.5. The zero-order valence-electron chi connectivity index (χ0n) is 9.90. The molecular weight excluding hydrogens is 198 g/mol. The van der Waals surface area contributed by atoms with Crippen molar-refractivity contribution in [1.29, 1.82) is 0 Å². The lowest BCUT2D eigenvalue weighted by molar-refractivity contribution is 0.0809. The molecule has 1 aliphatic rings. The third-order valence-corrected chi connectivity index (χ3v) is 3.19. The highest BCUT2D eigenvalue weighted by Gasteiger charge is 2.37. The van der Waals surface area contributed by atoms with Crippen LogP contribution in [0.5, 0.6) is 0 Å². The van der Waals surface area contributed by atoms with Crippen molar-refractivity contribution in [3.8, 4) is 0 Å². The van der Waals surface area contributed by atoms with Gasteiger partial charge in [0.1, 0.15) is 0 Å². The third-order valence-electron chi connectivity index (χ3n) is 3.19. The summed E-state index contributed by atoms with van der Waals surface area (Å²) in [6, 6.07) is 10.0. The van der Waals surface area contributed by atoms with Gasteiger partial charge in [-0.15, -0.1) is 0 Å². The van der Waals surface area contributed by atoms with Gasteiger partial charge in [-0.2, -0.15) is 0 Å². The average Bonchev–Trinajstić information content (AvgIpc) is 2.16. The van der Waals surface area contributed by atoms with Crippen LogP contribution in [-0.2, 0) is 0 Å². The molecule has 2 atom stereocenters. The van der Waals surface area contributed by atoms with Crippen molar-refractivity contribution in [3.63, 3.8) is 0 Å². The van der Waals surface area contributed by atoms with E-state index in [1.807, 2.05) is 44.2 Å². The van der Waals surface area contributed by atoms with E-state index in [0.29, 0.717) is 6.42 Å². The lowest BCUT2D eigenvalue weighted by atomic mass is 9.73. The normalized spacial score (nSPS) is 34.6. The molecule has 0 amide bonds. The van der Waals surface area contributed by atoms with Gasteiger partial charge in [0.2, 0.25) is 0 Å². The molecule has 0 radical (unpaired) electrons. The van der Waals surface area contributed by atoms with Crippen LogP contribution in [0.25, 0.3) is 5.57 Å². The van der Waals surface area contributed by atoms with Crippen LogP contribution in [0, 0.1) is 0 Å². The summed E-state index contributed by atoms with van der Waals surface area (Å²) in [6.07, 6.45) is 3.48. The first kappa shape index (κ1) is 11.4. The molecule has 1 aliphatic carbocycles. The van der Waals surface area contributed by atoms with Gasteiger partial charge in [0, 0.05) is 5.54 Å². The number of hydrogen-bond acceptors (Lipinski definition) is 2. The highest BCUT2D eigenvalue weighted by Crippen LogP contribution is 2.38. The average molecular weight is 217 g/mol. The summed E-state index contributed by atoms with van der Waals surface area (Å²) in [5.41, 5.74) is 7.04. The summed E-state index contributed by atoms with van der Waals surface area (Å²) in [7, 11) is 0. The minimum atomic E-state index is -0.830. The zero-order chi connectivity index (χ0) is 11.8. The van der Waals surface area contributed by atoms with Crippen LogP contribution in [0.2, 0.25) is 0 Å². The number of nitrogens with two attached hydrogens (primary N) is 1. The van der Waals surface area contributed by atoms with Gasteiger partial charge in [-0.25, -0.2) is 0 Å². The Bertz CT molecular complexity index is 404. The minimum absolute atomic E-state index is 0.304. The number of benzene rings is 1. The Balaban J connectivity index is 2.39. The largest absolute Gasteiger partial charge is 0.385 e. The smallest absolute Gasteiger partial charge is 0.0888 e. The van der Waals surface area contributed by atoms with Gasteiger partial charge in [0.15, 0.2) is 0 Å².